The average molecular weight is 282 g/mol. The van der Waals surface area contributed by atoms with Gasteiger partial charge in [0.15, 0.2) is 0 Å². The highest BCUT2D eigenvalue weighted by Crippen LogP contribution is 2.11. The lowest BCUT2D eigenvalue weighted by Gasteiger charge is -2.22. The normalized spacial score (nSPS) is 13.6. The zero-order valence-corrected chi connectivity index (χ0v) is 12.1. The van der Waals surface area contributed by atoms with Gasteiger partial charge in [-0.3, -0.25) is 4.79 Å². The lowest BCUT2D eigenvalue weighted by Crippen LogP contribution is -2.51. The fourth-order valence-corrected chi connectivity index (χ4v) is 1.83. The molecule has 1 unspecified atom stereocenters. The molecular formula is C15H23FN2O2. The summed E-state index contributed by atoms with van der Waals surface area (Å²) in [6.45, 7) is 4.70. The number of nitrogens with two attached hydrogens (primary N) is 1. The molecule has 0 radical (unpaired) electrons. The number of hydrogen-bond donors (Lipinski definition) is 2. The molecular weight excluding hydrogens is 259 g/mol. The quantitative estimate of drug-likeness (QED) is 0.719. The molecule has 0 spiro atoms. The molecule has 1 amide bonds. The molecule has 0 saturated carbocycles. The van der Waals surface area contributed by atoms with Gasteiger partial charge in [-0.1, -0.05) is 13.3 Å². The van der Waals surface area contributed by atoms with Crippen molar-refractivity contribution in [3.63, 3.8) is 0 Å². The van der Waals surface area contributed by atoms with E-state index in [9.17, 15) is 9.18 Å². The first-order valence-corrected chi connectivity index (χ1v) is 6.91. The summed E-state index contributed by atoms with van der Waals surface area (Å²) >= 11 is 0. The Morgan fingerprint density at radius 1 is 1.40 bits per heavy atom. The number of benzene rings is 1. The van der Waals surface area contributed by atoms with Crippen molar-refractivity contribution in [2.75, 3.05) is 13.2 Å². The second-order valence-electron chi connectivity index (χ2n) is 5.08. The summed E-state index contributed by atoms with van der Waals surface area (Å²) in [4.78, 5) is 11.8. The molecule has 0 saturated heterocycles. The zero-order valence-electron chi connectivity index (χ0n) is 12.1. The van der Waals surface area contributed by atoms with Crippen LogP contribution in [0.3, 0.4) is 0 Å². The van der Waals surface area contributed by atoms with E-state index in [4.69, 9.17) is 10.5 Å². The standard InChI is InChI=1S/C15H23FN2O2/c1-3-9-15(2,17)14(19)18-10-4-11-20-13-7-5-12(16)6-8-13/h5-8H,3-4,9-11,17H2,1-2H3,(H,18,19). The molecule has 5 heteroatoms. The van der Waals surface area contributed by atoms with Crippen LogP contribution in [-0.2, 0) is 4.79 Å². The van der Waals surface area contributed by atoms with E-state index in [2.05, 4.69) is 5.32 Å². The van der Waals surface area contributed by atoms with E-state index >= 15 is 0 Å². The van der Waals surface area contributed by atoms with Crippen molar-refractivity contribution in [1.82, 2.24) is 5.32 Å². The minimum absolute atomic E-state index is 0.138. The van der Waals surface area contributed by atoms with E-state index in [1.165, 1.54) is 12.1 Å². The summed E-state index contributed by atoms with van der Waals surface area (Å²) in [5.41, 5.74) is 5.10. The number of amides is 1. The first kappa shape index (κ1) is 16.4. The Bertz CT molecular complexity index is 418. The Hall–Kier alpha value is -1.62. The predicted octanol–water partition coefficient (Wildman–Crippen LogP) is 2.23. The third-order valence-corrected chi connectivity index (χ3v) is 2.98. The molecule has 0 bridgehead atoms. The fourth-order valence-electron chi connectivity index (χ4n) is 1.83. The van der Waals surface area contributed by atoms with Gasteiger partial charge in [0.25, 0.3) is 0 Å². The molecule has 0 fully saturated rings. The van der Waals surface area contributed by atoms with Crippen molar-refractivity contribution in [2.24, 2.45) is 5.73 Å². The molecule has 1 aromatic rings. The molecule has 1 atom stereocenters. The maximum Gasteiger partial charge on any atom is 0.239 e. The summed E-state index contributed by atoms with van der Waals surface area (Å²) in [5.74, 6) is 0.191. The number of halogens is 1. The highest BCUT2D eigenvalue weighted by Gasteiger charge is 2.26. The molecule has 20 heavy (non-hydrogen) atoms. The van der Waals surface area contributed by atoms with Crippen LogP contribution in [0.4, 0.5) is 4.39 Å². The van der Waals surface area contributed by atoms with Gasteiger partial charge in [0, 0.05) is 6.54 Å². The number of hydrogen-bond acceptors (Lipinski definition) is 3. The molecule has 0 heterocycles. The first-order chi connectivity index (χ1) is 9.45. The summed E-state index contributed by atoms with van der Waals surface area (Å²) in [6, 6.07) is 5.85. The summed E-state index contributed by atoms with van der Waals surface area (Å²) in [7, 11) is 0. The van der Waals surface area contributed by atoms with Crippen LogP contribution in [0.2, 0.25) is 0 Å². The van der Waals surface area contributed by atoms with E-state index in [-0.39, 0.29) is 11.7 Å². The van der Waals surface area contributed by atoms with Gasteiger partial charge in [0.1, 0.15) is 11.6 Å². The van der Waals surface area contributed by atoms with Crippen LogP contribution >= 0.6 is 0 Å². The lowest BCUT2D eigenvalue weighted by atomic mass is 9.96. The number of rotatable bonds is 8. The summed E-state index contributed by atoms with van der Waals surface area (Å²) in [6.07, 6.45) is 2.20. The third-order valence-electron chi connectivity index (χ3n) is 2.98. The molecule has 0 aliphatic rings. The van der Waals surface area contributed by atoms with Gasteiger partial charge in [0.2, 0.25) is 5.91 Å². The van der Waals surface area contributed by atoms with Crippen LogP contribution < -0.4 is 15.8 Å². The van der Waals surface area contributed by atoms with Crippen LogP contribution in [0.25, 0.3) is 0 Å². The van der Waals surface area contributed by atoms with Crippen molar-refractivity contribution in [2.45, 2.75) is 38.6 Å². The number of ether oxygens (including phenoxy) is 1. The first-order valence-electron chi connectivity index (χ1n) is 6.91. The second-order valence-corrected chi connectivity index (χ2v) is 5.08. The van der Waals surface area contributed by atoms with E-state index in [0.29, 0.717) is 31.7 Å². The Kier molecular flexibility index (Phi) is 6.45. The Morgan fingerprint density at radius 3 is 2.65 bits per heavy atom. The highest BCUT2D eigenvalue weighted by molar-refractivity contribution is 5.85. The van der Waals surface area contributed by atoms with Crippen molar-refractivity contribution < 1.29 is 13.9 Å². The average Bonchev–Trinajstić information content (AvgIpc) is 2.40. The maximum absolute atomic E-state index is 12.7. The SMILES string of the molecule is CCCC(C)(N)C(=O)NCCCOc1ccc(F)cc1. The second kappa shape index (κ2) is 7.85. The Morgan fingerprint density at radius 2 is 2.05 bits per heavy atom. The smallest absolute Gasteiger partial charge is 0.239 e. The summed E-state index contributed by atoms with van der Waals surface area (Å²) in [5, 5.41) is 2.80. The number of carbonyl (C=O) groups excluding carboxylic acids is 1. The van der Waals surface area contributed by atoms with Crippen LogP contribution in [-0.4, -0.2) is 24.6 Å². The van der Waals surface area contributed by atoms with Gasteiger partial charge in [0.05, 0.1) is 12.1 Å². The van der Waals surface area contributed by atoms with Crippen molar-refractivity contribution >= 4 is 5.91 Å². The highest BCUT2D eigenvalue weighted by atomic mass is 19.1. The van der Waals surface area contributed by atoms with Crippen molar-refractivity contribution in [3.8, 4) is 5.75 Å². The zero-order chi connectivity index (χ0) is 15.0. The van der Waals surface area contributed by atoms with E-state index in [0.717, 1.165) is 6.42 Å². The fraction of sp³-hybridized carbons (Fsp3) is 0.533. The van der Waals surface area contributed by atoms with Gasteiger partial charge in [-0.2, -0.15) is 0 Å². The molecule has 0 aromatic heterocycles. The van der Waals surface area contributed by atoms with Crippen LogP contribution in [0, 0.1) is 5.82 Å². The van der Waals surface area contributed by atoms with Gasteiger partial charge in [-0.25, -0.2) is 4.39 Å². The van der Waals surface area contributed by atoms with Crippen molar-refractivity contribution in [1.29, 1.82) is 0 Å². The third kappa shape index (κ3) is 5.57. The summed E-state index contributed by atoms with van der Waals surface area (Å²) < 4.78 is 18.1. The van der Waals surface area contributed by atoms with Crippen LogP contribution in [0.1, 0.15) is 33.1 Å². The molecule has 4 nitrogen and oxygen atoms in total. The topological polar surface area (TPSA) is 64.4 Å². The number of carbonyl (C=O) groups is 1. The molecule has 0 aliphatic heterocycles. The molecule has 0 aliphatic carbocycles. The van der Waals surface area contributed by atoms with Crippen LogP contribution in [0.5, 0.6) is 5.75 Å². The van der Waals surface area contributed by atoms with E-state index < -0.39 is 5.54 Å². The minimum Gasteiger partial charge on any atom is -0.494 e. The predicted molar refractivity (Wildman–Crippen MR) is 77.0 cm³/mol. The maximum atomic E-state index is 12.7. The van der Waals surface area contributed by atoms with Gasteiger partial charge in [-0.05, 0) is 44.0 Å². The lowest BCUT2D eigenvalue weighted by molar-refractivity contribution is -0.126. The van der Waals surface area contributed by atoms with Gasteiger partial charge < -0.3 is 15.8 Å². The van der Waals surface area contributed by atoms with E-state index in [1.807, 2.05) is 6.92 Å². The molecule has 112 valence electrons. The van der Waals surface area contributed by atoms with Gasteiger partial charge in [-0.15, -0.1) is 0 Å². The van der Waals surface area contributed by atoms with Crippen molar-refractivity contribution in [3.05, 3.63) is 30.1 Å². The minimum atomic E-state index is -0.813. The molecule has 3 N–H and O–H groups in total. The molecule has 1 rings (SSSR count). The van der Waals surface area contributed by atoms with Crippen LogP contribution in [0.15, 0.2) is 24.3 Å². The monoisotopic (exact) mass is 282 g/mol. The van der Waals surface area contributed by atoms with E-state index in [1.54, 1.807) is 19.1 Å². The Labute approximate surface area is 119 Å². The number of nitrogens with one attached hydrogen (secondary N) is 1. The Balaban J connectivity index is 2.19. The molecule has 1 aromatic carbocycles. The largest absolute Gasteiger partial charge is 0.494 e. The van der Waals surface area contributed by atoms with Gasteiger partial charge >= 0.3 is 0 Å².